The minimum atomic E-state index is 0.0896. The van der Waals surface area contributed by atoms with Crippen LogP contribution in [0.5, 0.6) is 0 Å². The number of fused-ring (bicyclic) bond motifs is 1. The molecule has 0 amide bonds. The molecule has 3 nitrogen and oxygen atoms in total. The first kappa shape index (κ1) is 12.1. The summed E-state index contributed by atoms with van der Waals surface area (Å²) in [5.41, 5.74) is 10.7. The molecule has 1 unspecified atom stereocenters. The van der Waals surface area contributed by atoms with Crippen LogP contribution < -0.4 is 5.73 Å². The first-order valence-electron chi connectivity index (χ1n) is 6.35. The van der Waals surface area contributed by atoms with E-state index in [1.165, 1.54) is 18.4 Å². The SMILES string of the molecule is CCCCC(N)c1c(C)nc2c(C)cccn12. The van der Waals surface area contributed by atoms with E-state index in [9.17, 15) is 0 Å². The highest BCUT2D eigenvalue weighted by Crippen LogP contribution is 2.23. The van der Waals surface area contributed by atoms with E-state index in [0.29, 0.717) is 0 Å². The van der Waals surface area contributed by atoms with Gasteiger partial charge in [0.15, 0.2) is 0 Å². The molecule has 2 aromatic rings. The third kappa shape index (κ3) is 2.20. The van der Waals surface area contributed by atoms with Crippen LogP contribution in [0.1, 0.15) is 49.2 Å². The summed E-state index contributed by atoms with van der Waals surface area (Å²) < 4.78 is 2.14. The van der Waals surface area contributed by atoms with Crippen molar-refractivity contribution in [3.63, 3.8) is 0 Å². The molecule has 2 rings (SSSR count). The summed E-state index contributed by atoms with van der Waals surface area (Å²) >= 11 is 0. The zero-order valence-corrected chi connectivity index (χ0v) is 10.9. The third-order valence-corrected chi connectivity index (χ3v) is 3.29. The van der Waals surface area contributed by atoms with Crippen LogP contribution in [-0.4, -0.2) is 9.38 Å². The molecule has 0 aromatic carbocycles. The number of imidazole rings is 1. The van der Waals surface area contributed by atoms with Crippen molar-refractivity contribution in [1.29, 1.82) is 0 Å². The van der Waals surface area contributed by atoms with E-state index in [2.05, 4.69) is 41.6 Å². The van der Waals surface area contributed by atoms with Crippen molar-refractivity contribution < 1.29 is 0 Å². The maximum absolute atomic E-state index is 6.28. The van der Waals surface area contributed by atoms with E-state index in [1.54, 1.807) is 0 Å². The van der Waals surface area contributed by atoms with E-state index < -0.39 is 0 Å². The Labute approximate surface area is 103 Å². The Morgan fingerprint density at radius 3 is 2.88 bits per heavy atom. The van der Waals surface area contributed by atoms with Gasteiger partial charge < -0.3 is 10.1 Å². The van der Waals surface area contributed by atoms with Gasteiger partial charge in [0.1, 0.15) is 5.65 Å². The molecule has 2 heterocycles. The molecule has 3 heteroatoms. The van der Waals surface area contributed by atoms with Crippen molar-refractivity contribution in [2.24, 2.45) is 5.73 Å². The highest BCUT2D eigenvalue weighted by atomic mass is 15.0. The fourth-order valence-electron chi connectivity index (χ4n) is 2.34. The Balaban J connectivity index is 2.46. The van der Waals surface area contributed by atoms with Gasteiger partial charge in [0.25, 0.3) is 0 Å². The van der Waals surface area contributed by atoms with Gasteiger partial charge in [-0.1, -0.05) is 25.8 Å². The Morgan fingerprint density at radius 1 is 1.41 bits per heavy atom. The average Bonchev–Trinajstić information content (AvgIpc) is 2.64. The van der Waals surface area contributed by atoms with E-state index in [-0.39, 0.29) is 6.04 Å². The van der Waals surface area contributed by atoms with Crippen LogP contribution in [0.15, 0.2) is 18.3 Å². The minimum absolute atomic E-state index is 0.0896. The Bertz CT molecular complexity index is 513. The number of rotatable bonds is 4. The van der Waals surface area contributed by atoms with Crippen LogP contribution in [0.25, 0.3) is 5.65 Å². The van der Waals surface area contributed by atoms with Gasteiger partial charge in [-0.3, -0.25) is 0 Å². The summed E-state index contributed by atoms with van der Waals surface area (Å²) in [4.78, 5) is 4.62. The Hall–Kier alpha value is -1.35. The number of nitrogens with zero attached hydrogens (tertiary/aromatic N) is 2. The van der Waals surface area contributed by atoms with Gasteiger partial charge in [-0.15, -0.1) is 0 Å². The normalized spacial score (nSPS) is 13.2. The van der Waals surface area contributed by atoms with Crippen molar-refractivity contribution in [3.8, 4) is 0 Å². The number of nitrogens with two attached hydrogens (primary N) is 1. The monoisotopic (exact) mass is 231 g/mol. The molecule has 0 bridgehead atoms. The van der Waals surface area contributed by atoms with Gasteiger partial charge in [0.2, 0.25) is 0 Å². The molecule has 0 aliphatic rings. The maximum atomic E-state index is 6.28. The zero-order chi connectivity index (χ0) is 12.4. The third-order valence-electron chi connectivity index (χ3n) is 3.29. The molecular weight excluding hydrogens is 210 g/mol. The van der Waals surface area contributed by atoms with E-state index in [0.717, 1.165) is 23.5 Å². The largest absolute Gasteiger partial charge is 0.323 e. The second kappa shape index (κ2) is 4.88. The van der Waals surface area contributed by atoms with Crippen LogP contribution in [0.4, 0.5) is 0 Å². The van der Waals surface area contributed by atoms with Crippen molar-refractivity contribution in [1.82, 2.24) is 9.38 Å². The standard InChI is InChI=1S/C14H21N3/c1-4-5-8-12(15)13-11(3)16-14-10(2)7-6-9-17(13)14/h6-7,9,12H,4-5,8,15H2,1-3H3. The predicted molar refractivity (Wildman–Crippen MR) is 71.1 cm³/mol. The van der Waals surface area contributed by atoms with Crippen molar-refractivity contribution in [2.45, 2.75) is 46.1 Å². The van der Waals surface area contributed by atoms with Crippen LogP contribution in [-0.2, 0) is 0 Å². The summed E-state index contributed by atoms with van der Waals surface area (Å²) in [7, 11) is 0. The van der Waals surface area contributed by atoms with Crippen LogP contribution in [0.2, 0.25) is 0 Å². The molecule has 17 heavy (non-hydrogen) atoms. The van der Waals surface area contributed by atoms with Crippen molar-refractivity contribution in [3.05, 3.63) is 35.3 Å². The fraction of sp³-hybridized carbons (Fsp3) is 0.500. The lowest BCUT2D eigenvalue weighted by Crippen LogP contribution is -2.13. The Morgan fingerprint density at radius 2 is 2.18 bits per heavy atom. The summed E-state index contributed by atoms with van der Waals surface area (Å²) in [6, 6.07) is 4.23. The predicted octanol–water partition coefficient (Wildman–Crippen LogP) is 3.14. The molecule has 0 fully saturated rings. The molecule has 92 valence electrons. The van der Waals surface area contributed by atoms with Gasteiger partial charge in [0.05, 0.1) is 11.4 Å². The summed E-state index contributed by atoms with van der Waals surface area (Å²) in [5, 5.41) is 0. The summed E-state index contributed by atoms with van der Waals surface area (Å²) in [5.74, 6) is 0. The second-order valence-electron chi connectivity index (χ2n) is 4.72. The van der Waals surface area contributed by atoms with Crippen molar-refractivity contribution >= 4 is 5.65 Å². The van der Waals surface area contributed by atoms with Crippen LogP contribution >= 0.6 is 0 Å². The number of hydrogen-bond acceptors (Lipinski definition) is 2. The lowest BCUT2D eigenvalue weighted by atomic mass is 10.1. The van der Waals surface area contributed by atoms with E-state index in [4.69, 9.17) is 5.73 Å². The van der Waals surface area contributed by atoms with Crippen molar-refractivity contribution in [2.75, 3.05) is 0 Å². The molecule has 0 saturated heterocycles. The smallest absolute Gasteiger partial charge is 0.140 e. The molecule has 0 aliphatic carbocycles. The lowest BCUT2D eigenvalue weighted by Gasteiger charge is -2.12. The van der Waals surface area contributed by atoms with E-state index >= 15 is 0 Å². The minimum Gasteiger partial charge on any atom is -0.323 e. The first-order valence-corrected chi connectivity index (χ1v) is 6.35. The fourth-order valence-corrected chi connectivity index (χ4v) is 2.34. The number of hydrogen-bond donors (Lipinski definition) is 1. The van der Waals surface area contributed by atoms with E-state index in [1.807, 2.05) is 6.92 Å². The molecule has 2 aromatic heterocycles. The van der Waals surface area contributed by atoms with Gasteiger partial charge in [0, 0.05) is 12.2 Å². The highest BCUT2D eigenvalue weighted by Gasteiger charge is 2.16. The number of aryl methyl sites for hydroxylation is 2. The maximum Gasteiger partial charge on any atom is 0.140 e. The summed E-state index contributed by atoms with van der Waals surface area (Å²) in [6.45, 7) is 6.33. The van der Waals surface area contributed by atoms with Gasteiger partial charge in [-0.25, -0.2) is 4.98 Å². The van der Waals surface area contributed by atoms with Gasteiger partial charge in [-0.2, -0.15) is 0 Å². The molecule has 0 aliphatic heterocycles. The number of unbranched alkanes of at least 4 members (excludes halogenated alkanes) is 1. The lowest BCUT2D eigenvalue weighted by molar-refractivity contribution is 0.584. The quantitative estimate of drug-likeness (QED) is 0.878. The summed E-state index contributed by atoms with van der Waals surface area (Å²) in [6.07, 6.45) is 5.44. The van der Waals surface area contributed by atoms with Crippen LogP contribution in [0, 0.1) is 13.8 Å². The highest BCUT2D eigenvalue weighted by molar-refractivity contribution is 5.50. The average molecular weight is 231 g/mol. The molecule has 2 N–H and O–H groups in total. The molecular formula is C14H21N3. The topological polar surface area (TPSA) is 43.3 Å². The second-order valence-corrected chi connectivity index (χ2v) is 4.72. The molecule has 0 spiro atoms. The zero-order valence-electron chi connectivity index (χ0n) is 10.9. The number of aromatic nitrogens is 2. The van der Waals surface area contributed by atoms with Gasteiger partial charge >= 0.3 is 0 Å². The Kier molecular flexibility index (Phi) is 3.48. The molecule has 1 atom stereocenters. The first-order chi connectivity index (χ1) is 8.15. The molecule has 0 saturated carbocycles. The van der Waals surface area contributed by atoms with Crippen LogP contribution in [0.3, 0.4) is 0 Å². The molecule has 0 radical (unpaired) electrons. The van der Waals surface area contributed by atoms with Gasteiger partial charge in [-0.05, 0) is 31.9 Å². The number of pyridine rings is 1.